The van der Waals surface area contributed by atoms with Crippen LogP contribution in [0, 0.1) is 5.82 Å². The first-order valence-electron chi connectivity index (χ1n) is 14.3. The first-order chi connectivity index (χ1) is 21.6. The van der Waals surface area contributed by atoms with E-state index in [1.54, 1.807) is 30.1 Å². The number of hydrogen-bond donors (Lipinski definition) is 1. The number of aromatic carboxylic acids is 1. The number of carboxylic acids is 1. The number of likely N-dealkylation sites (N-methyl/N-ethyl adjacent to an activating group) is 1. The fourth-order valence-corrected chi connectivity index (χ4v) is 6.00. The highest BCUT2D eigenvalue weighted by atomic mass is 35.5. The van der Waals surface area contributed by atoms with Crippen molar-refractivity contribution in [3.05, 3.63) is 106 Å². The molecule has 1 fully saturated rings. The van der Waals surface area contributed by atoms with Crippen LogP contribution in [0.4, 0.5) is 10.1 Å². The predicted octanol–water partition coefficient (Wildman–Crippen LogP) is 3.59. The number of carbonyl (C=O) groups excluding carboxylic acids is 3. The van der Waals surface area contributed by atoms with Gasteiger partial charge in [-0.05, 0) is 53.4 Å². The Labute approximate surface area is 262 Å². The molecule has 6 rings (SSSR count). The third kappa shape index (κ3) is 5.76. The second-order valence-corrected chi connectivity index (χ2v) is 11.4. The molecular formula is C32H28ClFN6O5. The summed E-state index contributed by atoms with van der Waals surface area (Å²) in [6.45, 7) is 1.56. The second kappa shape index (κ2) is 12.1. The number of carboxylic acid groups (broad SMARTS) is 1. The van der Waals surface area contributed by atoms with Crippen LogP contribution in [0.1, 0.15) is 43.6 Å². The Kier molecular flexibility index (Phi) is 8.07. The zero-order valence-electron chi connectivity index (χ0n) is 24.2. The molecule has 4 aromatic rings. The number of carbonyl (C=O) groups is 4. The molecule has 45 heavy (non-hydrogen) atoms. The van der Waals surface area contributed by atoms with Gasteiger partial charge in [0.2, 0.25) is 5.91 Å². The van der Waals surface area contributed by atoms with Crippen LogP contribution in [-0.2, 0) is 22.4 Å². The Morgan fingerprint density at radius 1 is 1.00 bits per heavy atom. The number of anilines is 1. The number of fused-ring (bicyclic) bond motifs is 1. The maximum atomic E-state index is 14.7. The number of aromatic nitrogens is 3. The molecular weight excluding hydrogens is 603 g/mol. The summed E-state index contributed by atoms with van der Waals surface area (Å²) in [5.41, 5.74) is 2.97. The lowest BCUT2D eigenvalue weighted by molar-refractivity contribution is -0.129. The molecule has 2 amide bonds. The van der Waals surface area contributed by atoms with Gasteiger partial charge in [-0.15, -0.1) is 5.10 Å². The summed E-state index contributed by atoms with van der Waals surface area (Å²) in [7, 11) is 1.76. The first-order valence-corrected chi connectivity index (χ1v) is 14.6. The molecule has 1 N–H and O–H groups in total. The molecule has 2 aliphatic heterocycles. The Morgan fingerprint density at radius 2 is 1.73 bits per heavy atom. The third-order valence-corrected chi connectivity index (χ3v) is 8.52. The van der Waals surface area contributed by atoms with Gasteiger partial charge in [-0.3, -0.25) is 14.4 Å². The monoisotopic (exact) mass is 630 g/mol. The molecule has 0 saturated carbocycles. The molecule has 0 radical (unpaired) electrons. The van der Waals surface area contributed by atoms with Gasteiger partial charge < -0.3 is 19.8 Å². The van der Waals surface area contributed by atoms with Crippen molar-refractivity contribution < 1.29 is 28.7 Å². The molecule has 2 aliphatic rings. The highest BCUT2D eigenvalue weighted by Gasteiger charge is 2.39. The molecule has 1 aromatic heterocycles. The fraction of sp³-hybridized carbons (Fsp3) is 0.250. The number of piperazine rings is 1. The fourth-order valence-electron chi connectivity index (χ4n) is 5.84. The molecule has 13 heteroatoms. The van der Waals surface area contributed by atoms with Crippen molar-refractivity contribution in [1.82, 2.24) is 24.8 Å². The highest BCUT2D eigenvalue weighted by molar-refractivity contribution is 6.30. The summed E-state index contributed by atoms with van der Waals surface area (Å²) in [6.07, 6.45) is 1.66. The van der Waals surface area contributed by atoms with Crippen molar-refractivity contribution in [2.45, 2.75) is 18.9 Å². The number of hydrogen-bond acceptors (Lipinski definition) is 7. The van der Waals surface area contributed by atoms with Crippen molar-refractivity contribution in [3.63, 3.8) is 0 Å². The minimum Gasteiger partial charge on any atom is -0.478 e. The van der Waals surface area contributed by atoms with Gasteiger partial charge in [0.05, 0.1) is 23.3 Å². The average Bonchev–Trinajstić information content (AvgIpc) is 3.53. The standard InChI is InChI=1S/C32H28ClFN6O5/c1-37-14-15-38(18-28(37)42)25-6-2-4-22-21(25)12-13-39(30(22)27(41)16-19-8-10-20(11-9-19)32(44)45)31(43)24-17-40(36-35-24)26-7-3-5-23(33)29(26)34/h2-11,17,30H,12-16,18H2,1H3,(H,44,45). The van der Waals surface area contributed by atoms with Crippen molar-refractivity contribution >= 4 is 40.9 Å². The largest absolute Gasteiger partial charge is 0.478 e. The number of benzene rings is 3. The van der Waals surface area contributed by atoms with Crippen LogP contribution in [0.25, 0.3) is 5.69 Å². The van der Waals surface area contributed by atoms with Crippen molar-refractivity contribution in [2.24, 2.45) is 0 Å². The van der Waals surface area contributed by atoms with Gasteiger partial charge in [0.25, 0.3) is 5.91 Å². The molecule has 230 valence electrons. The van der Waals surface area contributed by atoms with E-state index in [1.165, 1.54) is 35.4 Å². The van der Waals surface area contributed by atoms with Crippen molar-refractivity contribution in [3.8, 4) is 5.69 Å². The Balaban J connectivity index is 1.36. The lowest BCUT2D eigenvalue weighted by atomic mass is 9.86. The topological polar surface area (TPSA) is 129 Å². The van der Waals surface area contributed by atoms with E-state index in [0.29, 0.717) is 30.6 Å². The van der Waals surface area contributed by atoms with E-state index < -0.39 is 23.7 Å². The van der Waals surface area contributed by atoms with E-state index in [4.69, 9.17) is 11.6 Å². The zero-order valence-corrected chi connectivity index (χ0v) is 24.9. The van der Waals surface area contributed by atoms with Crippen LogP contribution >= 0.6 is 11.6 Å². The van der Waals surface area contributed by atoms with Crippen molar-refractivity contribution in [2.75, 3.05) is 38.1 Å². The summed E-state index contributed by atoms with van der Waals surface area (Å²) in [6, 6.07) is 15.0. The van der Waals surface area contributed by atoms with Crippen LogP contribution in [0.5, 0.6) is 0 Å². The summed E-state index contributed by atoms with van der Waals surface area (Å²) >= 11 is 5.93. The summed E-state index contributed by atoms with van der Waals surface area (Å²) < 4.78 is 15.8. The normalized spacial score (nSPS) is 16.5. The smallest absolute Gasteiger partial charge is 0.335 e. The predicted molar refractivity (Wildman–Crippen MR) is 162 cm³/mol. The molecule has 1 atom stereocenters. The van der Waals surface area contributed by atoms with Gasteiger partial charge in [-0.1, -0.05) is 47.1 Å². The quantitative estimate of drug-likeness (QED) is 0.328. The average molecular weight is 631 g/mol. The van der Waals surface area contributed by atoms with Crippen LogP contribution in [0.2, 0.25) is 5.02 Å². The van der Waals surface area contributed by atoms with E-state index in [-0.39, 0.29) is 53.2 Å². The van der Waals surface area contributed by atoms with Gasteiger partial charge in [0, 0.05) is 38.8 Å². The minimum absolute atomic E-state index is 0.0110. The Hall–Kier alpha value is -5.10. The summed E-state index contributed by atoms with van der Waals surface area (Å²) in [5, 5.41) is 17.1. The molecule has 1 saturated heterocycles. The molecule has 1 unspecified atom stereocenters. The van der Waals surface area contributed by atoms with Gasteiger partial charge in [0.1, 0.15) is 11.7 Å². The number of amides is 2. The Morgan fingerprint density at radius 3 is 2.47 bits per heavy atom. The van der Waals surface area contributed by atoms with Crippen LogP contribution in [0.3, 0.4) is 0 Å². The number of Topliss-reactive ketones (excluding diaryl/α,β-unsaturated/α-hetero) is 1. The molecule has 3 heterocycles. The van der Waals surface area contributed by atoms with Crippen LogP contribution in [-0.4, -0.2) is 86.7 Å². The molecule has 11 nitrogen and oxygen atoms in total. The first kappa shape index (κ1) is 29.9. The number of ketones is 1. The second-order valence-electron chi connectivity index (χ2n) is 11.0. The van der Waals surface area contributed by atoms with Gasteiger partial charge in [-0.25, -0.2) is 13.9 Å². The van der Waals surface area contributed by atoms with E-state index in [2.05, 4.69) is 10.3 Å². The minimum atomic E-state index is -1.08. The molecule has 3 aromatic carbocycles. The lowest BCUT2D eigenvalue weighted by Crippen LogP contribution is -2.49. The Bertz CT molecular complexity index is 1830. The van der Waals surface area contributed by atoms with E-state index in [0.717, 1.165) is 15.9 Å². The maximum absolute atomic E-state index is 14.7. The van der Waals surface area contributed by atoms with Gasteiger partial charge in [0.15, 0.2) is 17.3 Å². The summed E-state index contributed by atoms with van der Waals surface area (Å²) in [5.74, 6) is -2.65. The molecule has 0 aliphatic carbocycles. The van der Waals surface area contributed by atoms with E-state index in [9.17, 15) is 28.7 Å². The van der Waals surface area contributed by atoms with Gasteiger partial charge >= 0.3 is 5.97 Å². The molecule has 0 bridgehead atoms. The van der Waals surface area contributed by atoms with Crippen molar-refractivity contribution in [1.29, 1.82) is 0 Å². The highest BCUT2D eigenvalue weighted by Crippen LogP contribution is 2.38. The van der Waals surface area contributed by atoms with Crippen LogP contribution in [0.15, 0.2) is 66.9 Å². The van der Waals surface area contributed by atoms with E-state index >= 15 is 0 Å². The molecule has 0 spiro atoms. The number of nitrogens with zero attached hydrogens (tertiary/aromatic N) is 6. The number of halogens is 2. The SMILES string of the molecule is CN1CCN(c2cccc3c2CCN(C(=O)c2cn(-c4cccc(Cl)c4F)nn2)C3C(=O)Cc2ccc(C(=O)O)cc2)CC1=O. The zero-order chi connectivity index (χ0) is 31.8. The van der Waals surface area contributed by atoms with Crippen LogP contribution < -0.4 is 4.90 Å². The third-order valence-electron chi connectivity index (χ3n) is 8.23. The number of rotatable bonds is 7. The van der Waals surface area contributed by atoms with E-state index in [1.807, 2.05) is 23.1 Å². The maximum Gasteiger partial charge on any atom is 0.335 e. The summed E-state index contributed by atoms with van der Waals surface area (Å²) in [4.78, 5) is 57.0. The lowest BCUT2D eigenvalue weighted by Gasteiger charge is -2.40. The van der Waals surface area contributed by atoms with Gasteiger partial charge in [-0.2, -0.15) is 0 Å².